The van der Waals surface area contributed by atoms with Gasteiger partial charge in [0.25, 0.3) is 0 Å². The van der Waals surface area contributed by atoms with Crippen molar-refractivity contribution in [1.29, 1.82) is 5.26 Å². The highest BCUT2D eigenvalue weighted by molar-refractivity contribution is 6.02. The Morgan fingerprint density at radius 2 is 1.90 bits per heavy atom. The van der Waals surface area contributed by atoms with E-state index in [-0.39, 0.29) is 5.91 Å². The molecule has 2 rings (SSSR count). The van der Waals surface area contributed by atoms with E-state index >= 15 is 0 Å². The van der Waals surface area contributed by atoms with Crippen molar-refractivity contribution in [2.45, 2.75) is 0 Å². The van der Waals surface area contributed by atoms with Crippen molar-refractivity contribution in [3.05, 3.63) is 65.7 Å². The van der Waals surface area contributed by atoms with Gasteiger partial charge in [0.2, 0.25) is 5.91 Å². The summed E-state index contributed by atoms with van der Waals surface area (Å²) in [7, 11) is 1.60. The van der Waals surface area contributed by atoms with Crippen molar-refractivity contribution in [3.8, 4) is 11.8 Å². The van der Waals surface area contributed by atoms with Crippen LogP contribution in [0.25, 0.3) is 6.08 Å². The van der Waals surface area contributed by atoms with Gasteiger partial charge in [-0.15, -0.1) is 0 Å². The minimum Gasteiger partial charge on any atom is -0.497 e. The van der Waals surface area contributed by atoms with Gasteiger partial charge in [0.15, 0.2) is 0 Å². The van der Waals surface area contributed by atoms with E-state index in [1.54, 1.807) is 37.5 Å². The van der Waals surface area contributed by atoms with Gasteiger partial charge < -0.3 is 10.1 Å². The van der Waals surface area contributed by atoms with E-state index in [0.29, 0.717) is 11.3 Å². The molecule has 2 aromatic carbocycles. The normalized spacial score (nSPS) is 10.1. The van der Waals surface area contributed by atoms with E-state index in [4.69, 9.17) is 10.00 Å². The minimum absolute atomic E-state index is 0.284. The fourth-order valence-corrected chi connectivity index (χ4v) is 1.75. The van der Waals surface area contributed by atoms with Crippen molar-refractivity contribution in [3.63, 3.8) is 0 Å². The number of ether oxygens (including phenoxy) is 1. The van der Waals surface area contributed by atoms with Gasteiger partial charge in [-0.3, -0.25) is 4.79 Å². The van der Waals surface area contributed by atoms with Crippen LogP contribution >= 0.6 is 0 Å². The molecule has 4 heteroatoms. The van der Waals surface area contributed by atoms with Crippen LogP contribution < -0.4 is 10.1 Å². The summed E-state index contributed by atoms with van der Waals surface area (Å²) in [6, 6.07) is 16.3. The maximum atomic E-state index is 11.8. The van der Waals surface area contributed by atoms with E-state index in [2.05, 4.69) is 5.32 Å². The third-order valence-electron chi connectivity index (χ3n) is 2.85. The van der Waals surface area contributed by atoms with Crippen molar-refractivity contribution in [2.24, 2.45) is 0 Å². The number of nitrogens with zero attached hydrogens (tertiary/aromatic N) is 1. The van der Waals surface area contributed by atoms with Gasteiger partial charge in [0.05, 0.1) is 18.4 Å². The molecular formula is C17H14N2O2. The van der Waals surface area contributed by atoms with Crippen LogP contribution in [0, 0.1) is 11.3 Å². The number of nitriles is 1. The van der Waals surface area contributed by atoms with Gasteiger partial charge in [-0.1, -0.05) is 24.3 Å². The topological polar surface area (TPSA) is 62.1 Å². The number of hydrogen-bond acceptors (Lipinski definition) is 3. The van der Waals surface area contributed by atoms with Crippen LogP contribution in [0.3, 0.4) is 0 Å². The summed E-state index contributed by atoms with van der Waals surface area (Å²) < 4.78 is 5.07. The molecule has 104 valence electrons. The average Bonchev–Trinajstić information content (AvgIpc) is 2.54. The van der Waals surface area contributed by atoms with Gasteiger partial charge in [-0.05, 0) is 35.9 Å². The molecule has 0 radical (unpaired) electrons. The monoisotopic (exact) mass is 278 g/mol. The fraction of sp³-hybridized carbons (Fsp3) is 0.0588. The predicted molar refractivity (Wildman–Crippen MR) is 81.8 cm³/mol. The first-order valence-corrected chi connectivity index (χ1v) is 6.35. The van der Waals surface area contributed by atoms with E-state index in [1.165, 1.54) is 6.08 Å². The SMILES string of the molecule is COc1ccc(/C=C/C(=O)Nc2ccccc2C#N)cc1. The zero-order valence-corrected chi connectivity index (χ0v) is 11.5. The fourth-order valence-electron chi connectivity index (χ4n) is 1.75. The lowest BCUT2D eigenvalue weighted by Gasteiger charge is -2.03. The molecule has 0 aliphatic rings. The Morgan fingerprint density at radius 1 is 1.19 bits per heavy atom. The van der Waals surface area contributed by atoms with E-state index in [1.807, 2.05) is 30.3 Å². The maximum Gasteiger partial charge on any atom is 0.248 e. The van der Waals surface area contributed by atoms with Crippen LogP contribution in [-0.4, -0.2) is 13.0 Å². The van der Waals surface area contributed by atoms with Crippen molar-refractivity contribution in [1.82, 2.24) is 0 Å². The van der Waals surface area contributed by atoms with Crippen LogP contribution in [0.4, 0.5) is 5.69 Å². The molecule has 0 aliphatic heterocycles. The molecule has 2 aromatic rings. The highest BCUT2D eigenvalue weighted by Gasteiger charge is 2.03. The number of anilines is 1. The average molecular weight is 278 g/mol. The largest absolute Gasteiger partial charge is 0.497 e. The highest BCUT2D eigenvalue weighted by atomic mass is 16.5. The molecule has 1 amide bonds. The summed E-state index contributed by atoms with van der Waals surface area (Å²) in [6.07, 6.45) is 3.12. The third kappa shape index (κ3) is 3.95. The highest BCUT2D eigenvalue weighted by Crippen LogP contribution is 2.14. The van der Waals surface area contributed by atoms with Crippen LogP contribution in [0.1, 0.15) is 11.1 Å². The minimum atomic E-state index is -0.284. The molecule has 21 heavy (non-hydrogen) atoms. The molecule has 0 heterocycles. The first kappa shape index (κ1) is 14.4. The van der Waals surface area contributed by atoms with Crippen LogP contribution in [0.2, 0.25) is 0 Å². The quantitative estimate of drug-likeness (QED) is 0.873. The standard InChI is InChI=1S/C17H14N2O2/c1-21-15-9-6-13(7-10-15)8-11-17(20)19-16-5-3-2-4-14(16)12-18/h2-11H,1H3,(H,19,20)/b11-8+. The summed E-state index contributed by atoms with van der Waals surface area (Å²) in [5.41, 5.74) is 1.83. The smallest absolute Gasteiger partial charge is 0.248 e. The van der Waals surface area contributed by atoms with Crippen LogP contribution in [0.15, 0.2) is 54.6 Å². The number of carbonyl (C=O) groups is 1. The van der Waals surface area contributed by atoms with Crippen LogP contribution in [0.5, 0.6) is 5.75 Å². The molecule has 0 spiro atoms. The predicted octanol–water partition coefficient (Wildman–Crippen LogP) is 3.22. The summed E-state index contributed by atoms with van der Waals surface area (Å²) in [5, 5.41) is 11.6. The van der Waals surface area contributed by atoms with E-state index < -0.39 is 0 Å². The van der Waals surface area contributed by atoms with Gasteiger partial charge >= 0.3 is 0 Å². The summed E-state index contributed by atoms with van der Waals surface area (Å²) >= 11 is 0. The number of amides is 1. The van der Waals surface area contributed by atoms with Gasteiger partial charge in [-0.25, -0.2) is 0 Å². The van der Waals surface area contributed by atoms with Crippen LogP contribution in [-0.2, 0) is 4.79 Å². The number of carbonyl (C=O) groups excluding carboxylic acids is 1. The molecule has 0 saturated heterocycles. The lowest BCUT2D eigenvalue weighted by Crippen LogP contribution is -2.08. The zero-order chi connectivity index (χ0) is 15.1. The molecule has 0 saturated carbocycles. The Bertz CT molecular complexity index is 697. The number of benzene rings is 2. The Morgan fingerprint density at radius 3 is 2.57 bits per heavy atom. The van der Waals surface area contributed by atoms with E-state index in [0.717, 1.165) is 11.3 Å². The first-order chi connectivity index (χ1) is 10.2. The Balaban J connectivity index is 2.04. The molecule has 0 fully saturated rings. The summed E-state index contributed by atoms with van der Waals surface area (Å²) in [6.45, 7) is 0. The number of methoxy groups -OCH3 is 1. The second-order valence-electron chi connectivity index (χ2n) is 4.25. The van der Waals surface area contributed by atoms with Gasteiger partial charge in [0.1, 0.15) is 11.8 Å². The zero-order valence-electron chi connectivity index (χ0n) is 11.5. The van der Waals surface area contributed by atoms with Gasteiger partial charge in [-0.2, -0.15) is 5.26 Å². The first-order valence-electron chi connectivity index (χ1n) is 6.35. The lowest BCUT2D eigenvalue weighted by atomic mass is 10.2. The van der Waals surface area contributed by atoms with Gasteiger partial charge in [0, 0.05) is 6.08 Å². The molecule has 0 aliphatic carbocycles. The Hall–Kier alpha value is -3.06. The number of rotatable bonds is 4. The van der Waals surface area contributed by atoms with Crippen molar-refractivity contribution in [2.75, 3.05) is 12.4 Å². The maximum absolute atomic E-state index is 11.8. The number of hydrogen-bond donors (Lipinski definition) is 1. The molecule has 1 N–H and O–H groups in total. The summed E-state index contributed by atoms with van der Waals surface area (Å²) in [5.74, 6) is 0.480. The molecule has 0 atom stereocenters. The number of para-hydroxylation sites is 1. The molecule has 0 aromatic heterocycles. The second-order valence-corrected chi connectivity index (χ2v) is 4.25. The molecule has 4 nitrogen and oxygen atoms in total. The van der Waals surface area contributed by atoms with E-state index in [9.17, 15) is 4.79 Å². The Kier molecular flexibility index (Phi) is 4.73. The summed E-state index contributed by atoms with van der Waals surface area (Å²) in [4.78, 5) is 11.8. The Labute approximate surface area is 123 Å². The molecule has 0 unspecified atom stereocenters. The second kappa shape index (κ2) is 6.92. The van der Waals surface area contributed by atoms with Crippen molar-refractivity contribution >= 4 is 17.7 Å². The molecular weight excluding hydrogens is 264 g/mol. The molecule has 0 bridgehead atoms. The third-order valence-corrected chi connectivity index (χ3v) is 2.85. The number of nitrogens with one attached hydrogen (secondary N) is 1. The lowest BCUT2D eigenvalue weighted by molar-refractivity contribution is -0.111. The van der Waals surface area contributed by atoms with Crippen molar-refractivity contribution < 1.29 is 9.53 Å².